The molecule has 0 aromatic rings. The molecule has 0 saturated heterocycles. The molecule has 0 aliphatic heterocycles. The van der Waals surface area contributed by atoms with Gasteiger partial charge in [0.2, 0.25) is 0 Å². The smallest absolute Gasteiger partial charge is 0.00297 e. The fourth-order valence-electron chi connectivity index (χ4n) is 1.08. The molecule has 31 heavy (non-hydrogen) atoms. The molecule has 0 spiro atoms. The van der Waals surface area contributed by atoms with Crippen molar-refractivity contribution >= 4 is 0 Å². The number of terminal acetylenes is 2. The van der Waals surface area contributed by atoms with Crippen molar-refractivity contribution in [3.8, 4) is 24.7 Å². The summed E-state index contributed by atoms with van der Waals surface area (Å²) in [6.45, 7) is 37.1. The largest absolute Gasteiger partial charge is 0.331 e. The summed E-state index contributed by atoms with van der Waals surface area (Å²) >= 11 is 0. The third-order valence-corrected chi connectivity index (χ3v) is 2.10. The van der Waals surface area contributed by atoms with Crippen molar-refractivity contribution in [2.45, 2.75) is 117 Å². The first-order chi connectivity index (χ1) is 14.8. The van der Waals surface area contributed by atoms with Gasteiger partial charge in [-0.1, -0.05) is 100.0 Å². The monoisotopic (exact) mass is 440 g/mol. The van der Waals surface area contributed by atoms with Crippen LogP contribution in [0.2, 0.25) is 0 Å². The molecule has 1 unspecified atom stereocenters. The Balaban J connectivity index is -0.0000000272. The van der Waals surface area contributed by atoms with Crippen molar-refractivity contribution in [3.63, 3.8) is 0 Å². The number of nitrogens with two attached hydrogens (primary N) is 1. The van der Waals surface area contributed by atoms with Crippen molar-refractivity contribution in [1.82, 2.24) is 0 Å². The average Bonchev–Trinajstić information content (AvgIpc) is 2.78. The van der Waals surface area contributed by atoms with Crippen molar-refractivity contribution < 1.29 is 0 Å². The van der Waals surface area contributed by atoms with Crippen LogP contribution in [0.25, 0.3) is 0 Å². The molecule has 2 N–H and O–H groups in total. The van der Waals surface area contributed by atoms with Crippen LogP contribution in [-0.2, 0) is 0 Å². The highest BCUT2D eigenvalue weighted by Crippen LogP contribution is 2.15. The van der Waals surface area contributed by atoms with E-state index in [-0.39, 0.29) is 0 Å². The molecule has 0 rings (SSSR count). The molecule has 0 radical (unpaired) electrons. The van der Waals surface area contributed by atoms with Gasteiger partial charge in [-0.15, -0.1) is 37.8 Å². The minimum atomic E-state index is 0.750. The van der Waals surface area contributed by atoms with E-state index in [0.717, 1.165) is 18.4 Å². The molecule has 0 bridgehead atoms. The maximum Gasteiger partial charge on any atom is -0.00297 e. The SMILES string of the molecule is C#CC.C#CC.C/C=C\C(CC)C(C)C.C=C.CC.CC.CC=CC.CCC.CCN. The summed E-state index contributed by atoms with van der Waals surface area (Å²) in [5, 5.41) is 0. The van der Waals surface area contributed by atoms with Crippen molar-refractivity contribution in [2.75, 3.05) is 6.54 Å². The molecule has 0 aliphatic rings. The van der Waals surface area contributed by atoms with Gasteiger partial charge in [-0.2, -0.15) is 0 Å². The molecule has 0 fully saturated rings. The first-order valence-corrected chi connectivity index (χ1v) is 11.9. The number of hydrogen-bond acceptors (Lipinski definition) is 1. The Bertz CT molecular complexity index is 279. The minimum absolute atomic E-state index is 0.750. The van der Waals surface area contributed by atoms with Gasteiger partial charge in [-0.25, -0.2) is 0 Å². The second kappa shape index (κ2) is 119. The Kier molecular flexibility index (Phi) is 219. The van der Waals surface area contributed by atoms with Crippen molar-refractivity contribution in [3.05, 3.63) is 37.5 Å². The van der Waals surface area contributed by atoms with Gasteiger partial charge in [0.1, 0.15) is 0 Å². The van der Waals surface area contributed by atoms with Gasteiger partial charge in [0, 0.05) is 0 Å². The van der Waals surface area contributed by atoms with Crippen LogP contribution >= 0.6 is 0 Å². The van der Waals surface area contributed by atoms with Crippen LogP contribution in [-0.4, -0.2) is 6.54 Å². The summed E-state index contributed by atoms with van der Waals surface area (Å²) in [4.78, 5) is 0. The second-order valence-electron chi connectivity index (χ2n) is 5.20. The summed E-state index contributed by atoms with van der Waals surface area (Å²) in [6.07, 6.45) is 20.2. The zero-order valence-electron chi connectivity index (χ0n) is 24.7. The van der Waals surface area contributed by atoms with Crippen LogP contribution in [0.5, 0.6) is 0 Å². The predicted molar refractivity (Wildman–Crippen MR) is 158 cm³/mol. The van der Waals surface area contributed by atoms with E-state index in [1.807, 2.05) is 60.6 Å². The van der Waals surface area contributed by atoms with Crippen LogP contribution in [0.15, 0.2) is 37.5 Å². The van der Waals surface area contributed by atoms with Crippen molar-refractivity contribution in [2.24, 2.45) is 17.6 Å². The van der Waals surface area contributed by atoms with Crippen LogP contribution < -0.4 is 5.73 Å². The van der Waals surface area contributed by atoms with Gasteiger partial charge in [-0.3, -0.25) is 0 Å². The lowest BCUT2D eigenvalue weighted by molar-refractivity contribution is 0.453. The predicted octanol–water partition coefficient (Wildman–Crippen LogP) is 10.3. The molecule has 0 aromatic carbocycles. The number of allylic oxidation sites excluding steroid dienone is 4. The summed E-state index contributed by atoms with van der Waals surface area (Å²) in [5.74, 6) is 6.08. The van der Waals surface area contributed by atoms with E-state index >= 15 is 0 Å². The van der Waals surface area contributed by atoms with E-state index < -0.39 is 0 Å². The van der Waals surface area contributed by atoms with Gasteiger partial charge >= 0.3 is 0 Å². The van der Waals surface area contributed by atoms with Crippen LogP contribution in [0.1, 0.15) is 117 Å². The van der Waals surface area contributed by atoms with Gasteiger partial charge in [-0.05, 0) is 59.4 Å². The molecular weight excluding hydrogens is 374 g/mol. The highest BCUT2D eigenvalue weighted by atomic mass is 14.5. The maximum atomic E-state index is 4.85. The molecule has 1 atom stereocenters. The zero-order chi connectivity index (χ0) is 27.5. The lowest BCUT2D eigenvalue weighted by Gasteiger charge is -2.13. The lowest BCUT2D eigenvalue weighted by Crippen LogP contribution is -2.02. The summed E-state index contributed by atoms with van der Waals surface area (Å²) in [6, 6.07) is 0. The van der Waals surface area contributed by atoms with Crippen molar-refractivity contribution in [1.29, 1.82) is 0 Å². The molecule has 0 aromatic heterocycles. The van der Waals surface area contributed by atoms with E-state index in [0.29, 0.717) is 0 Å². The first kappa shape index (κ1) is 56.9. The maximum absolute atomic E-state index is 4.85. The highest BCUT2D eigenvalue weighted by molar-refractivity contribution is 4.86. The summed E-state index contributed by atoms with van der Waals surface area (Å²) < 4.78 is 0. The van der Waals surface area contributed by atoms with Gasteiger partial charge < -0.3 is 5.73 Å². The van der Waals surface area contributed by atoms with E-state index in [2.05, 4.69) is 91.5 Å². The fraction of sp³-hybridized carbons (Fsp3) is 0.667. The van der Waals surface area contributed by atoms with E-state index in [9.17, 15) is 0 Å². The average molecular weight is 440 g/mol. The van der Waals surface area contributed by atoms with E-state index in [1.54, 1.807) is 13.8 Å². The fourth-order valence-corrected chi connectivity index (χ4v) is 1.08. The Morgan fingerprint density at radius 1 is 0.774 bits per heavy atom. The molecule has 0 amide bonds. The van der Waals surface area contributed by atoms with Gasteiger partial charge in [0.25, 0.3) is 0 Å². The molecule has 0 heterocycles. The Morgan fingerprint density at radius 3 is 1.00 bits per heavy atom. The summed E-state index contributed by atoms with van der Waals surface area (Å²) in [5.41, 5.74) is 4.85. The molecule has 1 heteroatoms. The van der Waals surface area contributed by atoms with Crippen LogP contribution in [0.3, 0.4) is 0 Å². The second-order valence-corrected chi connectivity index (χ2v) is 5.20. The van der Waals surface area contributed by atoms with Crippen LogP contribution in [0, 0.1) is 36.5 Å². The number of hydrogen-bond donors (Lipinski definition) is 1. The zero-order valence-corrected chi connectivity index (χ0v) is 24.7. The standard InChI is InChI=1S/C9H18.C4H8.C3H8.2C3H4.C2H7N.2C2H6.C2H4/c1-5-7-9(6-2)8(3)4;1-3-4-2;3*1-3-2;1-2-3;3*1-2/h5,7-9H,6H2,1-4H3;3-4H,1-2H3;3H2,1-2H3;2*1H,2H3;2-3H2,1H3;2*1-2H3;1-2H2/b7-5-;;;;;;;;. The third-order valence-electron chi connectivity index (χ3n) is 2.10. The normalized spacial score (nSPS) is 7.84. The molecular formula is C30H65N. The molecule has 0 aliphatic carbocycles. The molecule has 0 saturated carbocycles. The van der Waals surface area contributed by atoms with E-state index in [4.69, 9.17) is 5.73 Å². The quantitative estimate of drug-likeness (QED) is 0.343. The van der Waals surface area contributed by atoms with E-state index in [1.165, 1.54) is 12.8 Å². The lowest BCUT2D eigenvalue weighted by atomic mass is 9.93. The molecule has 1 nitrogen and oxygen atoms in total. The van der Waals surface area contributed by atoms with Gasteiger partial charge in [0.15, 0.2) is 0 Å². The minimum Gasteiger partial charge on any atom is -0.331 e. The first-order valence-electron chi connectivity index (χ1n) is 11.9. The van der Waals surface area contributed by atoms with Crippen LogP contribution in [0.4, 0.5) is 0 Å². The third kappa shape index (κ3) is 284. The summed E-state index contributed by atoms with van der Waals surface area (Å²) in [7, 11) is 0. The highest BCUT2D eigenvalue weighted by Gasteiger charge is 2.04. The number of rotatable bonds is 3. The molecule has 190 valence electrons. The Hall–Kier alpha value is -1.70. The van der Waals surface area contributed by atoms with Gasteiger partial charge in [0.05, 0.1) is 0 Å². The Morgan fingerprint density at radius 2 is 0.968 bits per heavy atom. The Labute approximate surface area is 203 Å². The topological polar surface area (TPSA) is 26.0 Å².